The number of imidazole rings is 2. The Morgan fingerprint density at radius 3 is 1.71 bits per heavy atom. The van der Waals surface area contributed by atoms with E-state index in [1.807, 2.05) is 58.8 Å². The van der Waals surface area contributed by atoms with Crippen LogP contribution in [0, 0.1) is 0 Å². The topological polar surface area (TPSA) is 116 Å². The average Bonchev–Trinajstić information content (AvgIpc) is 3.86. The molecule has 3 aliphatic carbocycles. The number of benzene rings is 1. The minimum absolute atomic E-state index is 0.0529. The molecule has 0 radical (unpaired) electrons. The van der Waals surface area contributed by atoms with E-state index in [1.165, 1.54) is 11.3 Å². The van der Waals surface area contributed by atoms with Crippen LogP contribution < -0.4 is 0 Å². The maximum absolute atomic E-state index is 12.9. The van der Waals surface area contributed by atoms with E-state index in [4.69, 9.17) is 19.4 Å². The summed E-state index contributed by atoms with van der Waals surface area (Å²) in [7, 11) is 0. The van der Waals surface area contributed by atoms with E-state index < -0.39 is 11.2 Å². The summed E-state index contributed by atoms with van der Waals surface area (Å²) in [4.78, 5) is 46.2. The molecule has 4 heterocycles. The number of nitrogens with one attached hydrogen (secondary N) is 2. The van der Waals surface area contributed by atoms with Gasteiger partial charge in [0.1, 0.15) is 22.9 Å². The van der Waals surface area contributed by atoms with Crippen molar-refractivity contribution in [3.05, 3.63) is 59.6 Å². The van der Waals surface area contributed by atoms with Crippen LogP contribution in [0.25, 0.3) is 11.3 Å². The Morgan fingerprint density at radius 2 is 1.19 bits per heavy atom. The summed E-state index contributed by atoms with van der Waals surface area (Å²) in [6, 6.07) is 8.92. The third kappa shape index (κ3) is 6.23. The zero-order chi connectivity index (χ0) is 33.9. The summed E-state index contributed by atoms with van der Waals surface area (Å²) < 4.78 is 11.4. The van der Waals surface area contributed by atoms with Crippen LogP contribution in [0.2, 0.25) is 0 Å². The molecule has 8 rings (SSSR count). The molecule has 258 valence electrons. The molecule has 5 aliphatic rings. The van der Waals surface area contributed by atoms with Gasteiger partial charge in [-0.05, 0) is 122 Å². The third-order valence-electron chi connectivity index (χ3n) is 11.2. The van der Waals surface area contributed by atoms with Crippen molar-refractivity contribution in [3.63, 3.8) is 0 Å². The maximum Gasteiger partial charge on any atom is 0.410 e. The lowest BCUT2D eigenvalue weighted by atomic mass is 9.51. The fourth-order valence-corrected chi connectivity index (χ4v) is 8.63. The maximum atomic E-state index is 12.9. The smallest absolute Gasteiger partial charge is 0.410 e. The van der Waals surface area contributed by atoms with Gasteiger partial charge in [-0.15, -0.1) is 0 Å². The van der Waals surface area contributed by atoms with Crippen molar-refractivity contribution in [2.75, 3.05) is 13.1 Å². The van der Waals surface area contributed by atoms with Crippen molar-refractivity contribution in [2.45, 2.75) is 140 Å². The number of aromatic nitrogens is 4. The number of hydrogen-bond donors (Lipinski definition) is 2. The van der Waals surface area contributed by atoms with Crippen molar-refractivity contribution in [2.24, 2.45) is 0 Å². The number of carbonyl (C=O) groups excluding carboxylic acids is 2. The van der Waals surface area contributed by atoms with Crippen molar-refractivity contribution < 1.29 is 19.1 Å². The molecule has 2 aliphatic heterocycles. The quantitative estimate of drug-likeness (QED) is 0.285. The molecule has 2 N–H and O–H groups in total. The second-order valence-corrected chi connectivity index (χ2v) is 16.7. The van der Waals surface area contributed by atoms with Crippen molar-refractivity contribution >= 4 is 12.2 Å². The highest BCUT2D eigenvalue weighted by Crippen LogP contribution is 2.58. The molecule has 0 unspecified atom stereocenters. The monoisotopic (exact) mass is 656 g/mol. The summed E-state index contributed by atoms with van der Waals surface area (Å²) in [6.07, 6.45) is 14.0. The van der Waals surface area contributed by atoms with E-state index in [9.17, 15) is 9.59 Å². The Morgan fingerprint density at radius 1 is 0.708 bits per heavy atom. The molecule has 2 aromatic heterocycles. The highest BCUT2D eigenvalue weighted by molar-refractivity contribution is 5.70. The predicted molar refractivity (Wildman–Crippen MR) is 183 cm³/mol. The van der Waals surface area contributed by atoms with Gasteiger partial charge in [-0.2, -0.15) is 0 Å². The largest absolute Gasteiger partial charge is 0.444 e. The number of fused-ring (bicyclic) bond motifs is 3. The van der Waals surface area contributed by atoms with Gasteiger partial charge in [0.25, 0.3) is 0 Å². The van der Waals surface area contributed by atoms with Gasteiger partial charge in [0.2, 0.25) is 0 Å². The second kappa shape index (κ2) is 11.9. The lowest BCUT2D eigenvalue weighted by molar-refractivity contribution is 0.0208. The highest BCUT2D eigenvalue weighted by Gasteiger charge is 2.51. The van der Waals surface area contributed by atoms with Gasteiger partial charge in [0.05, 0.1) is 24.0 Å². The Labute approximate surface area is 284 Å². The first-order chi connectivity index (χ1) is 22.7. The number of likely N-dealkylation sites (tertiary alicyclic amines) is 2. The zero-order valence-corrected chi connectivity index (χ0v) is 29.5. The molecule has 48 heavy (non-hydrogen) atoms. The lowest BCUT2D eigenvalue weighted by Gasteiger charge is -2.53. The minimum Gasteiger partial charge on any atom is -0.444 e. The molecule has 2 bridgehead atoms. The van der Waals surface area contributed by atoms with E-state index in [0.717, 1.165) is 87.1 Å². The predicted octanol–water partition coefficient (Wildman–Crippen LogP) is 8.49. The van der Waals surface area contributed by atoms with E-state index in [1.54, 1.807) is 4.90 Å². The Hall–Kier alpha value is -3.82. The van der Waals surface area contributed by atoms with Crippen LogP contribution in [-0.4, -0.2) is 66.2 Å². The Kier molecular flexibility index (Phi) is 8.14. The normalized spacial score (nSPS) is 27.5. The Bertz CT molecular complexity index is 1620. The van der Waals surface area contributed by atoms with Crippen LogP contribution in [0.4, 0.5) is 9.59 Å². The number of carbonyl (C=O) groups is 2. The number of rotatable bonds is 5. The molecule has 2 atom stereocenters. The molecule has 0 spiro atoms. The molecule has 3 aromatic rings. The number of aromatic amines is 2. The van der Waals surface area contributed by atoms with Crippen LogP contribution in [0.15, 0.2) is 36.7 Å². The summed E-state index contributed by atoms with van der Waals surface area (Å²) in [6.45, 7) is 12.8. The number of hydrogen-bond acceptors (Lipinski definition) is 6. The van der Waals surface area contributed by atoms with E-state index in [-0.39, 0.29) is 35.1 Å². The van der Waals surface area contributed by atoms with Gasteiger partial charge in [0, 0.05) is 30.4 Å². The molecular weight excluding hydrogens is 604 g/mol. The van der Waals surface area contributed by atoms with Crippen LogP contribution in [0.1, 0.15) is 141 Å². The van der Waals surface area contributed by atoms with Gasteiger partial charge in [-0.1, -0.05) is 24.3 Å². The zero-order valence-electron chi connectivity index (χ0n) is 29.5. The number of ether oxygens (including phenoxy) is 2. The summed E-state index contributed by atoms with van der Waals surface area (Å²) in [5.74, 6) is 1.72. The summed E-state index contributed by atoms with van der Waals surface area (Å²) >= 11 is 0. The van der Waals surface area contributed by atoms with Crippen molar-refractivity contribution in [3.8, 4) is 11.3 Å². The van der Waals surface area contributed by atoms with Gasteiger partial charge in [-0.25, -0.2) is 19.6 Å². The second-order valence-electron chi connectivity index (χ2n) is 16.7. The van der Waals surface area contributed by atoms with Gasteiger partial charge >= 0.3 is 12.2 Å². The van der Waals surface area contributed by atoms with E-state index in [2.05, 4.69) is 34.2 Å². The molecule has 10 nitrogen and oxygen atoms in total. The van der Waals surface area contributed by atoms with E-state index in [0.29, 0.717) is 13.1 Å². The molecule has 2 amide bonds. The fourth-order valence-electron chi connectivity index (χ4n) is 8.63. The minimum atomic E-state index is -0.525. The fraction of sp³-hybridized carbons (Fsp3) is 0.632. The number of H-pyrrole nitrogens is 2. The molecule has 2 saturated heterocycles. The number of nitrogens with zero attached hydrogens (tertiary/aromatic N) is 4. The molecule has 1 aromatic carbocycles. The first-order valence-corrected chi connectivity index (χ1v) is 17.9. The SMILES string of the molecule is CC(C)(C)OC(=O)N1CCC[C@H]1c1ncc(-c2ccc(C34CCC(c5cnc([C@@H]6CCCN6C(=O)OC(C)(C)C)[nH]5)(CC3)CC4)cc2)[nH]1. The van der Waals surface area contributed by atoms with Gasteiger partial charge in [-0.3, -0.25) is 9.80 Å². The standard InChI is InChI=1S/C38H52N6O4/c1-35(2,3)47-33(45)43-21-7-9-28(43)31-39-23-27(41-31)25-11-13-26(14-12-25)37-15-18-38(19-16-37,20-17-37)30-24-40-32(42-30)29-10-8-22-44(29)34(46)48-36(4,5)6/h11-14,23-24,28-29H,7-10,15-22H2,1-6H3,(H,39,41)(H,40,42)/t28-,29-,37?,38?/m0/s1. The van der Waals surface area contributed by atoms with Crippen LogP contribution >= 0.6 is 0 Å². The van der Waals surface area contributed by atoms with Gasteiger partial charge < -0.3 is 19.4 Å². The van der Waals surface area contributed by atoms with Crippen LogP contribution in [-0.2, 0) is 20.3 Å². The molecule has 10 heteroatoms. The van der Waals surface area contributed by atoms with Crippen LogP contribution in [0.5, 0.6) is 0 Å². The average molecular weight is 657 g/mol. The van der Waals surface area contributed by atoms with E-state index >= 15 is 0 Å². The molecule has 5 fully saturated rings. The summed E-state index contributed by atoms with van der Waals surface area (Å²) in [5, 5.41) is 0. The van der Waals surface area contributed by atoms with Crippen molar-refractivity contribution in [1.82, 2.24) is 29.7 Å². The van der Waals surface area contributed by atoms with Crippen molar-refractivity contribution in [1.29, 1.82) is 0 Å². The highest BCUT2D eigenvalue weighted by atomic mass is 16.6. The molecular formula is C38H52N6O4. The first kappa shape index (κ1) is 32.7. The Balaban J connectivity index is 1.00. The van der Waals surface area contributed by atoms with Gasteiger partial charge in [0.15, 0.2) is 0 Å². The first-order valence-electron chi connectivity index (χ1n) is 17.9. The van der Waals surface area contributed by atoms with Crippen LogP contribution in [0.3, 0.4) is 0 Å². The number of amides is 2. The molecule has 3 saturated carbocycles. The lowest BCUT2D eigenvalue weighted by Crippen LogP contribution is -2.46. The third-order valence-corrected chi connectivity index (χ3v) is 11.2. The summed E-state index contributed by atoms with van der Waals surface area (Å²) in [5.41, 5.74) is 4.03.